The Kier molecular flexibility index (Phi) is 5.11. The van der Waals surface area contributed by atoms with Gasteiger partial charge < -0.3 is 9.42 Å². The number of para-hydroxylation sites is 1. The molecule has 0 unspecified atom stereocenters. The standard InChI is InChI=1S/C18H23N5O/c1-14(2)18-20-17(21-24-18)13-22-8-5-9-23(11-10-22)16-7-4-3-6-15(16)12-19/h3-4,6-7,14H,5,8-11,13H2,1-2H3. The molecule has 0 spiro atoms. The number of aromatic nitrogens is 2. The molecule has 1 saturated heterocycles. The fourth-order valence-corrected chi connectivity index (χ4v) is 2.98. The SMILES string of the molecule is CC(C)c1nc(CN2CCCN(c3ccccc3C#N)CC2)no1. The zero-order valence-electron chi connectivity index (χ0n) is 14.3. The van der Waals surface area contributed by atoms with Crippen molar-refractivity contribution in [2.24, 2.45) is 0 Å². The van der Waals surface area contributed by atoms with Gasteiger partial charge in [0.05, 0.1) is 17.8 Å². The van der Waals surface area contributed by atoms with Gasteiger partial charge in [0.25, 0.3) is 0 Å². The molecule has 2 aromatic rings. The number of nitrogens with zero attached hydrogens (tertiary/aromatic N) is 5. The van der Waals surface area contributed by atoms with Gasteiger partial charge in [-0.15, -0.1) is 0 Å². The van der Waals surface area contributed by atoms with Gasteiger partial charge in [-0.05, 0) is 18.6 Å². The van der Waals surface area contributed by atoms with Crippen LogP contribution in [-0.4, -0.2) is 41.2 Å². The van der Waals surface area contributed by atoms with E-state index in [0.717, 1.165) is 49.7 Å². The molecule has 126 valence electrons. The third kappa shape index (κ3) is 3.74. The monoisotopic (exact) mass is 325 g/mol. The van der Waals surface area contributed by atoms with E-state index in [4.69, 9.17) is 4.52 Å². The van der Waals surface area contributed by atoms with Crippen LogP contribution < -0.4 is 4.90 Å². The van der Waals surface area contributed by atoms with Gasteiger partial charge in [-0.1, -0.05) is 31.1 Å². The highest BCUT2D eigenvalue weighted by molar-refractivity contribution is 5.59. The van der Waals surface area contributed by atoms with Gasteiger partial charge in [0.1, 0.15) is 6.07 Å². The van der Waals surface area contributed by atoms with Gasteiger partial charge in [-0.3, -0.25) is 4.90 Å². The lowest BCUT2D eigenvalue weighted by atomic mass is 10.1. The lowest BCUT2D eigenvalue weighted by molar-refractivity contribution is 0.271. The molecular formula is C18H23N5O. The summed E-state index contributed by atoms with van der Waals surface area (Å²) in [7, 11) is 0. The van der Waals surface area contributed by atoms with Crippen molar-refractivity contribution in [3.05, 3.63) is 41.5 Å². The molecule has 1 aromatic heterocycles. The maximum absolute atomic E-state index is 9.30. The Morgan fingerprint density at radius 1 is 1.21 bits per heavy atom. The zero-order valence-corrected chi connectivity index (χ0v) is 14.3. The van der Waals surface area contributed by atoms with E-state index in [-0.39, 0.29) is 5.92 Å². The Hall–Kier alpha value is -2.39. The van der Waals surface area contributed by atoms with E-state index < -0.39 is 0 Å². The molecule has 0 amide bonds. The van der Waals surface area contributed by atoms with Crippen LogP contribution in [0.5, 0.6) is 0 Å². The summed E-state index contributed by atoms with van der Waals surface area (Å²) < 4.78 is 5.29. The summed E-state index contributed by atoms with van der Waals surface area (Å²) in [4.78, 5) is 9.11. The average molecular weight is 325 g/mol. The highest BCUT2D eigenvalue weighted by Crippen LogP contribution is 2.21. The Labute approximate surface area is 142 Å². The second-order valence-electron chi connectivity index (χ2n) is 6.45. The summed E-state index contributed by atoms with van der Waals surface area (Å²) in [5.41, 5.74) is 1.77. The molecule has 24 heavy (non-hydrogen) atoms. The summed E-state index contributed by atoms with van der Waals surface area (Å²) in [6, 6.07) is 10.1. The lowest BCUT2D eigenvalue weighted by Gasteiger charge is -2.24. The van der Waals surface area contributed by atoms with Crippen LogP contribution in [0, 0.1) is 11.3 Å². The van der Waals surface area contributed by atoms with Crippen molar-refractivity contribution in [3.63, 3.8) is 0 Å². The summed E-state index contributed by atoms with van der Waals surface area (Å²) in [5, 5.41) is 13.4. The Morgan fingerprint density at radius 3 is 2.79 bits per heavy atom. The van der Waals surface area contributed by atoms with Gasteiger partial charge in [-0.2, -0.15) is 10.2 Å². The first-order chi connectivity index (χ1) is 11.7. The van der Waals surface area contributed by atoms with E-state index in [1.807, 2.05) is 38.1 Å². The van der Waals surface area contributed by atoms with Gasteiger partial charge >= 0.3 is 0 Å². The van der Waals surface area contributed by atoms with E-state index in [1.165, 1.54) is 0 Å². The van der Waals surface area contributed by atoms with Crippen molar-refractivity contribution in [2.45, 2.75) is 32.7 Å². The molecular weight excluding hydrogens is 302 g/mol. The Bertz CT molecular complexity index is 718. The highest BCUT2D eigenvalue weighted by atomic mass is 16.5. The maximum Gasteiger partial charge on any atom is 0.229 e. The fraction of sp³-hybridized carbons (Fsp3) is 0.500. The molecule has 6 nitrogen and oxygen atoms in total. The number of hydrogen-bond donors (Lipinski definition) is 0. The predicted octanol–water partition coefficient (Wildman–Crippen LogP) is 2.78. The molecule has 1 fully saturated rings. The summed E-state index contributed by atoms with van der Waals surface area (Å²) in [6.07, 6.45) is 1.05. The quantitative estimate of drug-likeness (QED) is 0.861. The molecule has 0 aliphatic carbocycles. The molecule has 1 aliphatic heterocycles. The minimum atomic E-state index is 0.258. The van der Waals surface area contributed by atoms with E-state index in [2.05, 4.69) is 26.0 Å². The highest BCUT2D eigenvalue weighted by Gasteiger charge is 2.19. The number of hydrogen-bond acceptors (Lipinski definition) is 6. The first-order valence-electron chi connectivity index (χ1n) is 8.46. The molecule has 0 N–H and O–H groups in total. The summed E-state index contributed by atoms with van der Waals surface area (Å²) in [5.74, 6) is 1.71. The third-order valence-electron chi connectivity index (χ3n) is 4.30. The number of nitriles is 1. The first-order valence-corrected chi connectivity index (χ1v) is 8.46. The Balaban J connectivity index is 1.63. The van der Waals surface area contributed by atoms with E-state index >= 15 is 0 Å². The topological polar surface area (TPSA) is 69.2 Å². The van der Waals surface area contributed by atoms with E-state index in [0.29, 0.717) is 12.4 Å². The average Bonchev–Trinajstić information content (AvgIpc) is 2.94. The molecule has 0 radical (unpaired) electrons. The molecule has 0 saturated carbocycles. The minimum absolute atomic E-state index is 0.258. The van der Waals surface area contributed by atoms with Crippen LogP contribution in [-0.2, 0) is 6.54 Å². The van der Waals surface area contributed by atoms with Gasteiger partial charge in [0.15, 0.2) is 5.82 Å². The number of anilines is 1. The van der Waals surface area contributed by atoms with Crippen molar-refractivity contribution in [1.82, 2.24) is 15.0 Å². The first kappa shape index (κ1) is 16.5. The van der Waals surface area contributed by atoms with Crippen molar-refractivity contribution in [2.75, 3.05) is 31.1 Å². The predicted molar refractivity (Wildman–Crippen MR) is 91.7 cm³/mol. The second-order valence-corrected chi connectivity index (χ2v) is 6.45. The van der Waals surface area contributed by atoms with E-state index in [9.17, 15) is 5.26 Å². The molecule has 0 bridgehead atoms. The molecule has 2 heterocycles. The molecule has 1 aromatic carbocycles. The van der Waals surface area contributed by atoms with Crippen LogP contribution in [0.2, 0.25) is 0 Å². The van der Waals surface area contributed by atoms with Gasteiger partial charge in [0, 0.05) is 32.1 Å². The largest absolute Gasteiger partial charge is 0.369 e. The second kappa shape index (κ2) is 7.45. The normalized spacial score (nSPS) is 16.2. The minimum Gasteiger partial charge on any atom is -0.369 e. The number of benzene rings is 1. The lowest BCUT2D eigenvalue weighted by Crippen LogP contribution is -2.31. The smallest absolute Gasteiger partial charge is 0.229 e. The molecule has 6 heteroatoms. The summed E-state index contributed by atoms with van der Waals surface area (Å²) in [6.45, 7) is 8.58. The van der Waals surface area contributed by atoms with Gasteiger partial charge in [-0.25, -0.2) is 0 Å². The third-order valence-corrected chi connectivity index (χ3v) is 4.30. The van der Waals surface area contributed by atoms with E-state index in [1.54, 1.807) is 0 Å². The van der Waals surface area contributed by atoms with Crippen molar-refractivity contribution < 1.29 is 4.52 Å². The molecule has 1 aliphatic rings. The van der Waals surface area contributed by atoms with Crippen LogP contribution in [0.3, 0.4) is 0 Å². The van der Waals surface area contributed by atoms with Crippen LogP contribution in [0.1, 0.15) is 43.5 Å². The number of rotatable bonds is 4. The van der Waals surface area contributed by atoms with Crippen molar-refractivity contribution in [1.29, 1.82) is 5.26 Å². The summed E-state index contributed by atoms with van der Waals surface area (Å²) >= 11 is 0. The van der Waals surface area contributed by atoms with Gasteiger partial charge in [0.2, 0.25) is 5.89 Å². The van der Waals surface area contributed by atoms with Crippen molar-refractivity contribution in [3.8, 4) is 6.07 Å². The maximum atomic E-state index is 9.30. The molecule has 3 rings (SSSR count). The zero-order chi connectivity index (χ0) is 16.9. The van der Waals surface area contributed by atoms with Crippen LogP contribution in [0.15, 0.2) is 28.8 Å². The fourth-order valence-electron chi connectivity index (χ4n) is 2.98. The van der Waals surface area contributed by atoms with Crippen molar-refractivity contribution >= 4 is 5.69 Å². The molecule has 0 atom stereocenters. The Morgan fingerprint density at radius 2 is 2.04 bits per heavy atom. The van der Waals surface area contributed by atoms with Crippen LogP contribution >= 0.6 is 0 Å². The van der Waals surface area contributed by atoms with Crippen LogP contribution in [0.25, 0.3) is 0 Å². The van der Waals surface area contributed by atoms with Crippen LogP contribution in [0.4, 0.5) is 5.69 Å².